The summed E-state index contributed by atoms with van der Waals surface area (Å²) in [5, 5.41) is 10.1. The minimum Gasteiger partial charge on any atom is -0.487 e. The lowest BCUT2D eigenvalue weighted by molar-refractivity contribution is -0.00381. The zero-order valence-corrected chi connectivity index (χ0v) is 9.58. The van der Waals surface area contributed by atoms with E-state index in [0.717, 1.165) is 23.3 Å². The molecule has 1 N–H and O–H groups in total. The average Bonchev–Trinajstić information content (AvgIpc) is 2.20. The maximum absolute atomic E-state index is 10.1. The molecule has 0 spiro atoms. The van der Waals surface area contributed by atoms with E-state index in [4.69, 9.17) is 4.74 Å². The first-order chi connectivity index (χ1) is 7.04. The van der Waals surface area contributed by atoms with Crippen LogP contribution in [0.15, 0.2) is 18.2 Å². The molecule has 0 fully saturated rings. The van der Waals surface area contributed by atoms with Gasteiger partial charge in [0, 0.05) is 12.0 Å². The van der Waals surface area contributed by atoms with Crippen LogP contribution in [0.3, 0.4) is 0 Å². The second kappa shape index (κ2) is 3.53. The van der Waals surface area contributed by atoms with Crippen LogP contribution >= 0.6 is 0 Å². The number of aliphatic hydroxyl groups is 1. The molecule has 0 radical (unpaired) electrons. The Morgan fingerprint density at radius 3 is 2.93 bits per heavy atom. The third kappa shape index (κ3) is 1.86. The van der Waals surface area contributed by atoms with Crippen molar-refractivity contribution in [3.63, 3.8) is 0 Å². The van der Waals surface area contributed by atoms with Crippen LogP contribution in [-0.4, -0.2) is 10.7 Å². The van der Waals surface area contributed by atoms with E-state index in [2.05, 4.69) is 13.8 Å². The number of hydrogen-bond donors (Lipinski definition) is 1. The Bertz CT molecular complexity index is 373. The zero-order chi connectivity index (χ0) is 11.1. The van der Waals surface area contributed by atoms with E-state index in [1.807, 2.05) is 25.1 Å². The Morgan fingerprint density at radius 2 is 2.27 bits per heavy atom. The molecule has 1 heterocycles. The summed E-state index contributed by atoms with van der Waals surface area (Å²) in [6.07, 6.45) is 1.20. The lowest BCUT2D eigenvalue weighted by Crippen LogP contribution is -2.37. The van der Waals surface area contributed by atoms with E-state index in [-0.39, 0.29) is 5.60 Å². The fourth-order valence-corrected chi connectivity index (χ4v) is 2.06. The first kappa shape index (κ1) is 10.5. The molecule has 0 saturated carbocycles. The quantitative estimate of drug-likeness (QED) is 0.765. The van der Waals surface area contributed by atoms with Crippen LogP contribution in [0, 0.1) is 6.92 Å². The van der Waals surface area contributed by atoms with Crippen LogP contribution in [0.5, 0.6) is 5.75 Å². The number of hydrogen-bond acceptors (Lipinski definition) is 2. The van der Waals surface area contributed by atoms with Gasteiger partial charge in [0.2, 0.25) is 0 Å². The molecule has 1 aromatic rings. The van der Waals surface area contributed by atoms with Gasteiger partial charge in [0.1, 0.15) is 11.4 Å². The lowest BCUT2D eigenvalue weighted by atomic mass is 9.88. The highest BCUT2D eigenvalue weighted by Crippen LogP contribution is 2.41. The Hall–Kier alpha value is -1.02. The van der Waals surface area contributed by atoms with Crippen molar-refractivity contribution in [2.24, 2.45) is 0 Å². The molecule has 2 nitrogen and oxygen atoms in total. The van der Waals surface area contributed by atoms with Gasteiger partial charge in [0.25, 0.3) is 0 Å². The third-order valence-electron chi connectivity index (χ3n) is 3.25. The van der Waals surface area contributed by atoms with Crippen molar-refractivity contribution in [3.05, 3.63) is 29.3 Å². The highest BCUT2D eigenvalue weighted by molar-refractivity contribution is 5.40. The molecule has 0 saturated heterocycles. The first-order valence-electron chi connectivity index (χ1n) is 5.52. The fourth-order valence-electron chi connectivity index (χ4n) is 2.06. The van der Waals surface area contributed by atoms with Crippen molar-refractivity contribution < 1.29 is 9.84 Å². The minimum absolute atomic E-state index is 0.221. The fraction of sp³-hybridized carbons (Fsp3) is 0.538. The van der Waals surface area contributed by atoms with E-state index in [1.165, 1.54) is 0 Å². The highest BCUT2D eigenvalue weighted by Gasteiger charge is 2.34. The Labute approximate surface area is 90.9 Å². The summed E-state index contributed by atoms with van der Waals surface area (Å²) in [6.45, 7) is 6.17. The first-order valence-corrected chi connectivity index (χ1v) is 5.52. The van der Waals surface area contributed by atoms with Crippen molar-refractivity contribution in [2.75, 3.05) is 0 Å². The predicted octanol–water partition coefficient (Wildman–Crippen LogP) is 2.98. The van der Waals surface area contributed by atoms with Gasteiger partial charge in [-0.2, -0.15) is 0 Å². The molecule has 1 aliphatic heterocycles. The maximum atomic E-state index is 10.1. The van der Waals surface area contributed by atoms with E-state index >= 15 is 0 Å². The van der Waals surface area contributed by atoms with Gasteiger partial charge in [-0.25, -0.2) is 0 Å². The number of fused-ring (bicyclic) bond motifs is 1. The van der Waals surface area contributed by atoms with E-state index in [1.54, 1.807) is 0 Å². The molecular formula is C13H18O2. The number of benzene rings is 1. The molecular weight excluding hydrogens is 188 g/mol. The molecule has 0 amide bonds. The summed E-state index contributed by atoms with van der Waals surface area (Å²) in [5.41, 5.74) is 1.87. The molecule has 2 atom stereocenters. The van der Waals surface area contributed by atoms with Crippen molar-refractivity contribution >= 4 is 0 Å². The lowest BCUT2D eigenvalue weighted by Gasteiger charge is -2.37. The highest BCUT2D eigenvalue weighted by atomic mass is 16.5. The van der Waals surface area contributed by atoms with Gasteiger partial charge in [-0.1, -0.05) is 18.6 Å². The van der Waals surface area contributed by atoms with Gasteiger partial charge < -0.3 is 9.84 Å². The van der Waals surface area contributed by atoms with Crippen LogP contribution < -0.4 is 4.74 Å². The monoisotopic (exact) mass is 206 g/mol. The summed E-state index contributed by atoms with van der Waals surface area (Å²) >= 11 is 0. The number of rotatable bonds is 1. The summed E-state index contributed by atoms with van der Waals surface area (Å²) in [5.74, 6) is 0.837. The van der Waals surface area contributed by atoms with Gasteiger partial charge in [0.15, 0.2) is 0 Å². The smallest absolute Gasteiger partial charge is 0.125 e. The summed E-state index contributed by atoms with van der Waals surface area (Å²) in [6, 6.07) is 5.99. The molecule has 2 heteroatoms. The molecule has 1 aromatic carbocycles. The van der Waals surface area contributed by atoms with E-state index in [9.17, 15) is 5.11 Å². The van der Waals surface area contributed by atoms with Crippen molar-refractivity contribution in [1.82, 2.24) is 0 Å². The summed E-state index contributed by atoms with van der Waals surface area (Å²) < 4.78 is 5.93. The Morgan fingerprint density at radius 1 is 1.53 bits per heavy atom. The third-order valence-corrected chi connectivity index (χ3v) is 3.25. The second-order valence-corrected chi connectivity index (χ2v) is 4.67. The number of ether oxygens (including phenoxy) is 1. The van der Waals surface area contributed by atoms with Crippen LogP contribution in [0.1, 0.15) is 43.9 Å². The van der Waals surface area contributed by atoms with Crippen molar-refractivity contribution in [2.45, 2.75) is 45.3 Å². The number of aliphatic hydroxyl groups excluding tert-OH is 1. The Balaban J connectivity index is 2.41. The van der Waals surface area contributed by atoms with Gasteiger partial charge in [-0.15, -0.1) is 0 Å². The van der Waals surface area contributed by atoms with Gasteiger partial charge >= 0.3 is 0 Å². The van der Waals surface area contributed by atoms with Crippen LogP contribution in [0.2, 0.25) is 0 Å². The van der Waals surface area contributed by atoms with Gasteiger partial charge in [-0.05, 0) is 32.4 Å². The van der Waals surface area contributed by atoms with E-state index in [0.29, 0.717) is 6.42 Å². The molecule has 0 aliphatic carbocycles. The molecule has 0 aromatic heterocycles. The van der Waals surface area contributed by atoms with Crippen LogP contribution in [0.25, 0.3) is 0 Å². The maximum Gasteiger partial charge on any atom is 0.125 e. The summed E-state index contributed by atoms with van der Waals surface area (Å²) in [4.78, 5) is 0. The van der Waals surface area contributed by atoms with Gasteiger partial charge in [-0.3, -0.25) is 0 Å². The number of aryl methyl sites for hydroxylation is 1. The molecule has 2 rings (SSSR count). The van der Waals surface area contributed by atoms with Crippen LogP contribution in [0.4, 0.5) is 0 Å². The average molecular weight is 206 g/mol. The molecule has 2 unspecified atom stereocenters. The molecule has 0 bridgehead atoms. The standard InChI is InChI=1S/C13H18O2/c1-4-13(3)8-11(14)10-7-9(2)5-6-12(10)15-13/h5-7,11,14H,4,8H2,1-3H3. The molecule has 82 valence electrons. The van der Waals surface area contributed by atoms with Crippen LogP contribution in [-0.2, 0) is 0 Å². The van der Waals surface area contributed by atoms with Crippen molar-refractivity contribution in [3.8, 4) is 5.75 Å². The zero-order valence-electron chi connectivity index (χ0n) is 9.58. The SMILES string of the molecule is CCC1(C)CC(O)c2cc(C)ccc2O1. The molecule has 15 heavy (non-hydrogen) atoms. The Kier molecular flexibility index (Phi) is 2.47. The van der Waals surface area contributed by atoms with E-state index < -0.39 is 6.10 Å². The normalized spacial score (nSPS) is 29.5. The van der Waals surface area contributed by atoms with Crippen molar-refractivity contribution in [1.29, 1.82) is 0 Å². The minimum atomic E-state index is -0.390. The summed E-state index contributed by atoms with van der Waals surface area (Å²) in [7, 11) is 0. The predicted molar refractivity (Wildman–Crippen MR) is 60.1 cm³/mol. The van der Waals surface area contributed by atoms with Gasteiger partial charge in [0.05, 0.1) is 6.10 Å². The largest absolute Gasteiger partial charge is 0.487 e. The second-order valence-electron chi connectivity index (χ2n) is 4.67. The molecule has 1 aliphatic rings. The topological polar surface area (TPSA) is 29.5 Å².